The van der Waals surface area contributed by atoms with Crippen LogP contribution in [0.4, 0.5) is 0 Å². The van der Waals surface area contributed by atoms with Crippen LogP contribution in [-0.4, -0.2) is 55.2 Å². The van der Waals surface area contributed by atoms with E-state index in [-0.39, 0.29) is 0 Å². The lowest BCUT2D eigenvalue weighted by Gasteiger charge is -2.31. The van der Waals surface area contributed by atoms with Crippen molar-refractivity contribution in [1.82, 2.24) is 9.80 Å². The van der Waals surface area contributed by atoms with Crippen molar-refractivity contribution in [1.29, 1.82) is 0 Å². The molecule has 25 heavy (non-hydrogen) atoms. The number of thiophene rings is 1. The molecule has 0 aliphatic heterocycles. The van der Waals surface area contributed by atoms with Crippen LogP contribution in [0.5, 0.6) is 5.75 Å². The molecule has 0 saturated carbocycles. The number of methoxy groups -OCH3 is 1. The zero-order valence-corrected chi connectivity index (χ0v) is 16.0. The minimum Gasteiger partial charge on any atom is -0.496 e. The number of nitrogens with zero attached hydrogens (tertiary/aromatic N) is 2. The zero-order chi connectivity index (χ0) is 18.4. The van der Waals surface area contributed by atoms with Gasteiger partial charge in [0.15, 0.2) is 0 Å². The highest BCUT2D eigenvalue weighted by molar-refractivity contribution is 7.07. The number of rotatable bonds is 9. The molecule has 0 bridgehead atoms. The fourth-order valence-electron chi connectivity index (χ4n) is 2.80. The van der Waals surface area contributed by atoms with Crippen molar-refractivity contribution in [3.8, 4) is 5.75 Å². The highest BCUT2D eigenvalue weighted by Gasteiger charge is 2.30. The van der Waals surface area contributed by atoms with Gasteiger partial charge in [-0.3, -0.25) is 9.69 Å². The number of ether oxygens (including phenoxy) is 1. The molecule has 1 heterocycles. The van der Waals surface area contributed by atoms with E-state index < -0.39 is 12.0 Å². The molecule has 1 aromatic heterocycles. The van der Waals surface area contributed by atoms with Gasteiger partial charge < -0.3 is 14.7 Å². The Morgan fingerprint density at radius 1 is 1.28 bits per heavy atom. The van der Waals surface area contributed by atoms with E-state index in [1.807, 2.05) is 55.6 Å². The van der Waals surface area contributed by atoms with E-state index in [1.54, 1.807) is 18.4 Å². The minimum atomic E-state index is -0.863. The normalized spacial score (nSPS) is 12.6. The zero-order valence-electron chi connectivity index (χ0n) is 15.2. The molecule has 6 heteroatoms. The lowest BCUT2D eigenvalue weighted by Crippen LogP contribution is -2.38. The summed E-state index contributed by atoms with van der Waals surface area (Å²) in [6.45, 7) is 3.98. The van der Waals surface area contributed by atoms with Gasteiger partial charge in [-0.2, -0.15) is 11.3 Å². The van der Waals surface area contributed by atoms with Gasteiger partial charge >= 0.3 is 5.97 Å². The first kappa shape index (κ1) is 19.4. The first-order chi connectivity index (χ1) is 11.9. The molecule has 2 rings (SSSR count). The molecule has 0 radical (unpaired) electrons. The average Bonchev–Trinajstić information content (AvgIpc) is 3.05. The lowest BCUT2D eigenvalue weighted by molar-refractivity contribution is -0.144. The van der Waals surface area contributed by atoms with E-state index in [9.17, 15) is 9.90 Å². The molecule has 0 spiro atoms. The van der Waals surface area contributed by atoms with Gasteiger partial charge in [0, 0.05) is 25.2 Å². The van der Waals surface area contributed by atoms with Crippen molar-refractivity contribution in [3.05, 3.63) is 51.7 Å². The second-order valence-electron chi connectivity index (χ2n) is 6.39. The van der Waals surface area contributed by atoms with Crippen LogP contribution < -0.4 is 4.74 Å². The molecule has 2 aromatic rings. The monoisotopic (exact) mass is 362 g/mol. The molecule has 0 unspecified atom stereocenters. The number of carbonyl (C=O) groups is 1. The van der Waals surface area contributed by atoms with E-state index >= 15 is 0 Å². The largest absolute Gasteiger partial charge is 0.496 e. The molecule has 1 aromatic carbocycles. The Balaban J connectivity index is 2.40. The van der Waals surface area contributed by atoms with Gasteiger partial charge in [0.1, 0.15) is 11.8 Å². The van der Waals surface area contributed by atoms with Gasteiger partial charge in [-0.05, 0) is 49.5 Å². The number of benzene rings is 1. The summed E-state index contributed by atoms with van der Waals surface area (Å²) in [5, 5.41) is 14.1. The maximum atomic E-state index is 12.2. The van der Waals surface area contributed by atoms with Crippen molar-refractivity contribution < 1.29 is 14.6 Å². The van der Waals surface area contributed by atoms with Crippen LogP contribution in [0.3, 0.4) is 0 Å². The van der Waals surface area contributed by atoms with Crippen molar-refractivity contribution in [2.75, 3.05) is 34.3 Å². The van der Waals surface area contributed by atoms with Crippen LogP contribution in [0.15, 0.2) is 35.0 Å². The summed E-state index contributed by atoms with van der Waals surface area (Å²) >= 11 is 1.62. The van der Waals surface area contributed by atoms with Crippen LogP contribution in [-0.2, 0) is 11.3 Å². The van der Waals surface area contributed by atoms with E-state index in [4.69, 9.17) is 4.74 Å². The number of aliphatic carboxylic acids is 1. The summed E-state index contributed by atoms with van der Waals surface area (Å²) in [6.07, 6.45) is 0. The lowest BCUT2D eigenvalue weighted by atomic mass is 10.0. The topological polar surface area (TPSA) is 53.0 Å². The average molecular weight is 362 g/mol. The fraction of sp³-hybridized carbons (Fsp3) is 0.421. The number of likely N-dealkylation sites (N-methyl/N-ethyl adjacent to an activating group) is 1. The molecule has 0 aliphatic carbocycles. The van der Waals surface area contributed by atoms with E-state index in [0.29, 0.717) is 24.4 Å². The first-order valence-corrected chi connectivity index (χ1v) is 9.14. The van der Waals surface area contributed by atoms with Gasteiger partial charge in [0.2, 0.25) is 0 Å². The van der Waals surface area contributed by atoms with Gasteiger partial charge in [0.25, 0.3) is 0 Å². The maximum absolute atomic E-state index is 12.2. The molecule has 136 valence electrons. The van der Waals surface area contributed by atoms with Crippen molar-refractivity contribution >= 4 is 17.3 Å². The molecular formula is C19H26N2O3S. The molecule has 0 fully saturated rings. The summed E-state index contributed by atoms with van der Waals surface area (Å²) in [4.78, 5) is 16.2. The summed E-state index contributed by atoms with van der Waals surface area (Å²) < 4.78 is 5.44. The van der Waals surface area contributed by atoms with Crippen LogP contribution in [0.25, 0.3) is 0 Å². The Labute approximate surface area is 153 Å². The van der Waals surface area contributed by atoms with Crippen molar-refractivity contribution in [2.45, 2.75) is 19.5 Å². The number of aryl methyl sites for hydroxylation is 1. The molecule has 0 amide bonds. The first-order valence-electron chi connectivity index (χ1n) is 8.19. The quantitative estimate of drug-likeness (QED) is 0.742. The molecule has 1 atom stereocenters. The van der Waals surface area contributed by atoms with Gasteiger partial charge in [-0.15, -0.1) is 0 Å². The predicted molar refractivity (Wildman–Crippen MR) is 101 cm³/mol. The Morgan fingerprint density at radius 2 is 2.04 bits per heavy atom. The highest BCUT2D eigenvalue weighted by Crippen LogP contribution is 2.32. The fourth-order valence-corrected chi connectivity index (χ4v) is 3.46. The smallest absolute Gasteiger partial charge is 0.325 e. The third-order valence-corrected chi connectivity index (χ3v) is 4.81. The number of hydrogen-bond donors (Lipinski definition) is 1. The van der Waals surface area contributed by atoms with E-state index in [0.717, 1.165) is 17.7 Å². The summed E-state index contributed by atoms with van der Waals surface area (Å²) in [6, 6.07) is 6.97. The molecule has 0 aliphatic rings. The highest BCUT2D eigenvalue weighted by atomic mass is 32.1. The van der Waals surface area contributed by atoms with Gasteiger partial charge in [-0.1, -0.05) is 17.7 Å². The van der Waals surface area contributed by atoms with Crippen LogP contribution in [0.2, 0.25) is 0 Å². The standard InChI is InChI=1S/C19H26N2O3S/c1-14-5-6-17(24-4)16(11-14)18(19(22)23)21(9-8-20(2)3)12-15-7-10-25-13-15/h5-7,10-11,13,18H,8-9,12H2,1-4H3,(H,22,23)/t18-/m0/s1. The summed E-state index contributed by atoms with van der Waals surface area (Å²) in [5.74, 6) is -0.254. The molecular weight excluding hydrogens is 336 g/mol. The van der Waals surface area contributed by atoms with Crippen LogP contribution >= 0.6 is 11.3 Å². The molecule has 0 saturated heterocycles. The van der Waals surface area contributed by atoms with Gasteiger partial charge in [0.05, 0.1) is 7.11 Å². The van der Waals surface area contributed by atoms with Crippen LogP contribution in [0.1, 0.15) is 22.7 Å². The Bertz CT molecular complexity index is 686. The third-order valence-electron chi connectivity index (χ3n) is 4.08. The predicted octanol–water partition coefficient (Wildman–Crippen LogP) is 3.25. The second kappa shape index (κ2) is 8.99. The Hall–Kier alpha value is -1.89. The summed E-state index contributed by atoms with van der Waals surface area (Å²) in [5.41, 5.74) is 2.84. The van der Waals surface area contributed by atoms with E-state index in [2.05, 4.69) is 10.3 Å². The number of carboxylic acids is 1. The Kier molecular flexibility index (Phi) is 6.99. The maximum Gasteiger partial charge on any atom is 0.325 e. The summed E-state index contributed by atoms with van der Waals surface area (Å²) in [7, 11) is 5.56. The van der Waals surface area contributed by atoms with Crippen molar-refractivity contribution in [2.24, 2.45) is 0 Å². The number of carboxylic acid groups (broad SMARTS) is 1. The third kappa shape index (κ3) is 5.29. The second-order valence-corrected chi connectivity index (χ2v) is 7.17. The van der Waals surface area contributed by atoms with Crippen LogP contribution in [0, 0.1) is 6.92 Å². The SMILES string of the molecule is COc1ccc(C)cc1[C@@H](C(=O)O)N(CCN(C)C)Cc1ccsc1. The van der Waals surface area contributed by atoms with Crippen molar-refractivity contribution in [3.63, 3.8) is 0 Å². The number of hydrogen-bond acceptors (Lipinski definition) is 5. The van der Waals surface area contributed by atoms with E-state index in [1.165, 1.54) is 0 Å². The van der Waals surface area contributed by atoms with Gasteiger partial charge in [-0.25, -0.2) is 0 Å². The Morgan fingerprint density at radius 3 is 2.60 bits per heavy atom. The molecule has 5 nitrogen and oxygen atoms in total. The molecule has 1 N–H and O–H groups in total. The minimum absolute atomic E-state index is 0.589.